The minimum absolute atomic E-state index is 0.0115. The van der Waals surface area contributed by atoms with Crippen LogP contribution in [0.15, 0.2) is 18.2 Å². The molecule has 1 aromatic rings. The molecule has 6 nitrogen and oxygen atoms in total. The van der Waals surface area contributed by atoms with E-state index in [0.29, 0.717) is 30.3 Å². The Kier molecular flexibility index (Phi) is 4.87. The fourth-order valence-electron chi connectivity index (χ4n) is 3.22. The van der Waals surface area contributed by atoms with Gasteiger partial charge in [-0.15, -0.1) is 0 Å². The maximum atomic E-state index is 12.6. The topological polar surface area (TPSA) is 66.7 Å². The van der Waals surface area contributed by atoms with Crippen LogP contribution in [0.25, 0.3) is 0 Å². The maximum absolute atomic E-state index is 12.6. The first-order valence-corrected chi connectivity index (χ1v) is 9.08. The van der Waals surface area contributed by atoms with Crippen molar-refractivity contribution in [3.63, 3.8) is 0 Å². The van der Waals surface area contributed by atoms with Crippen LogP contribution >= 0.6 is 11.8 Å². The summed E-state index contributed by atoms with van der Waals surface area (Å²) in [5.41, 5.74) is 1.000. The van der Waals surface area contributed by atoms with Gasteiger partial charge in [-0.2, -0.15) is 11.8 Å². The van der Waals surface area contributed by atoms with E-state index in [0.717, 1.165) is 13.1 Å². The van der Waals surface area contributed by atoms with Gasteiger partial charge in [0.2, 0.25) is 0 Å². The van der Waals surface area contributed by atoms with Crippen molar-refractivity contribution < 1.29 is 9.72 Å². The number of carbonyl (C=O) groups is 1. The molecule has 1 amide bonds. The molecule has 1 unspecified atom stereocenters. The van der Waals surface area contributed by atoms with E-state index in [1.54, 1.807) is 19.1 Å². The standard InChI is InChI=1S/C16H21N3O3S/c1-12-2-3-13(10-15(12)19(21)22)16(20)18-7-5-17(6-8-18)14-4-9-23-11-14/h2-3,10,14H,4-9,11H2,1H3. The van der Waals surface area contributed by atoms with Crippen LogP contribution in [0.5, 0.6) is 0 Å². The van der Waals surface area contributed by atoms with Crippen molar-refractivity contribution >= 4 is 23.4 Å². The molecule has 2 heterocycles. The minimum Gasteiger partial charge on any atom is -0.336 e. The van der Waals surface area contributed by atoms with E-state index in [9.17, 15) is 14.9 Å². The monoisotopic (exact) mass is 335 g/mol. The van der Waals surface area contributed by atoms with Crippen molar-refractivity contribution in [1.29, 1.82) is 0 Å². The van der Waals surface area contributed by atoms with Crippen LogP contribution in [0.4, 0.5) is 5.69 Å². The third-order valence-electron chi connectivity index (χ3n) is 4.68. The lowest BCUT2D eigenvalue weighted by Crippen LogP contribution is -2.52. The first-order chi connectivity index (χ1) is 11.1. The Hall–Kier alpha value is -1.60. The van der Waals surface area contributed by atoms with E-state index in [1.807, 2.05) is 16.7 Å². The van der Waals surface area contributed by atoms with Crippen LogP contribution in [0.1, 0.15) is 22.3 Å². The lowest BCUT2D eigenvalue weighted by Gasteiger charge is -2.37. The number of thioether (sulfide) groups is 1. The van der Waals surface area contributed by atoms with Gasteiger partial charge in [-0.3, -0.25) is 19.8 Å². The number of amides is 1. The van der Waals surface area contributed by atoms with Gasteiger partial charge >= 0.3 is 0 Å². The summed E-state index contributed by atoms with van der Waals surface area (Å²) in [6.45, 7) is 4.87. The highest BCUT2D eigenvalue weighted by molar-refractivity contribution is 7.99. The molecule has 2 saturated heterocycles. The van der Waals surface area contributed by atoms with Crippen molar-refractivity contribution in [3.05, 3.63) is 39.4 Å². The summed E-state index contributed by atoms with van der Waals surface area (Å²) in [5, 5.41) is 11.0. The molecule has 2 aliphatic rings. The van der Waals surface area contributed by atoms with Gasteiger partial charge in [0.25, 0.3) is 11.6 Å². The zero-order valence-corrected chi connectivity index (χ0v) is 14.1. The van der Waals surface area contributed by atoms with Crippen molar-refractivity contribution in [3.8, 4) is 0 Å². The van der Waals surface area contributed by atoms with E-state index in [1.165, 1.54) is 24.0 Å². The molecular formula is C16H21N3O3S. The molecule has 124 valence electrons. The summed E-state index contributed by atoms with van der Waals surface area (Å²) >= 11 is 2.00. The van der Waals surface area contributed by atoms with Crippen molar-refractivity contribution in [1.82, 2.24) is 9.80 Å². The third-order valence-corrected chi connectivity index (χ3v) is 5.82. The average Bonchev–Trinajstić information content (AvgIpc) is 3.09. The molecular weight excluding hydrogens is 314 g/mol. The Balaban J connectivity index is 1.65. The van der Waals surface area contributed by atoms with Crippen molar-refractivity contribution in [2.75, 3.05) is 37.7 Å². The quantitative estimate of drug-likeness (QED) is 0.625. The number of rotatable bonds is 3. The molecule has 2 aliphatic heterocycles. The van der Waals surface area contributed by atoms with Crippen LogP contribution < -0.4 is 0 Å². The number of nitrogens with zero attached hydrogens (tertiary/aromatic N) is 3. The average molecular weight is 335 g/mol. The maximum Gasteiger partial charge on any atom is 0.273 e. The Morgan fingerprint density at radius 3 is 2.65 bits per heavy atom. The van der Waals surface area contributed by atoms with Crippen LogP contribution in [-0.4, -0.2) is 64.4 Å². The molecule has 23 heavy (non-hydrogen) atoms. The molecule has 0 aliphatic carbocycles. The van der Waals surface area contributed by atoms with E-state index < -0.39 is 4.92 Å². The molecule has 1 atom stereocenters. The summed E-state index contributed by atoms with van der Waals surface area (Å²) in [5.74, 6) is 2.32. The van der Waals surface area contributed by atoms with Gasteiger partial charge in [0.05, 0.1) is 4.92 Å². The zero-order valence-electron chi connectivity index (χ0n) is 13.2. The summed E-state index contributed by atoms with van der Waals surface area (Å²) in [4.78, 5) is 27.5. The fraction of sp³-hybridized carbons (Fsp3) is 0.562. The van der Waals surface area contributed by atoms with E-state index in [-0.39, 0.29) is 11.6 Å². The first kappa shape index (κ1) is 16.3. The zero-order chi connectivity index (χ0) is 16.4. The second-order valence-electron chi connectivity index (χ2n) is 6.10. The molecule has 0 saturated carbocycles. The summed E-state index contributed by atoms with van der Waals surface area (Å²) in [6.07, 6.45) is 1.24. The largest absolute Gasteiger partial charge is 0.336 e. The summed E-state index contributed by atoms with van der Waals surface area (Å²) in [6, 6.07) is 5.39. The number of hydrogen-bond acceptors (Lipinski definition) is 5. The number of piperazine rings is 1. The molecule has 0 radical (unpaired) electrons. The Morgan fingerprint density at radius 1 is 1.30 bits per heavy atom. The molecule has 3 rings (SSSR count). The predicted octanol–water partition coefficient (Wildman–Crippen LogP) is 2.17. The lowest BCUT2D eigenvalue weighted by atomic mass is 10.1. The second kappa shape index (κ2) is 6.88. The number of nitro groups is 1. The van der Waals surface area contributed by atoms with Crippen LogP contribution in [-0.2, 0) is 0 Å². The van der Waals surface area contributed by atoms with Crippen molar-refractivity contribution in [2.24, 2.45) is 0 Å². The highest BCUT2D eigenvalue weighted by Crippen LogP contribution is 2.24. The normalized spacial score (nSPS) is 22.3. The van der Waals surface area contributed by atoms with E-state index >= 15 is 0 Å². The van der Waals surface area contributed by atoms with Gasteiger partial charge in [0.15, 0.2) is 0 Å². The molecule has 0 N–H and O–H groups in total. The highest BCUT2D eigenvalue weighted by Gasteiger charge is 2.29. The summed E-state index contributed by atoms with van der Waals surface area (Å²) < 4.78 is 0. The Morgan fingerprint density at radius 2 is 2.04 bits per heavy atom. The third kappa shape index (κ3) is 3.50. The second-order valence-corrected chi connectivity index (χ2v) is 7.25. The van der Waals surface area contributed by atoms with Crippen LogP contribution in [0.2, 0.25) is 0 Å². The highest BCUT2D eigenvalue weighted by atomic mass is 32.2. The fourth-order valence-corrected chi connectivity index (χ4v) is 4.48. The number of benzene rings is 1. The molecule has 0 aromatic heterocycles. The number of carbonyl (C=O) groups excluding carboxylic acids is 1. The van der Waals surface area contributed by atoms with Gasteiger partial charge in [-0.1, -0.05) is 6.07 Å². The molecule has 2 fully saturated rings. The predicted molar refractivity (Wildman–Crippen MR) is 91.0 cm³/mol. The molecule has 7 heteroatoms. The molecule has 1 aromatic carbocycles. The van der Waals surface area contributed by atoms with Crippen LogP contribution in [0.3, 0.4) is 0 Å². The molecule has 0 bridgehead atoms. The molecule has 0 spiro atoms. The number of aryl methyl sites for hydroxylation is 1. The van der Waals surface area contributed by atoms with Crippen LogP contribution in [0, 0.1) is 17.0 Å². The van der Waals surface area contributed by atoms with E-state index in [4.69, 9.17) is 0 Å². The van der Waals surface area contributed by atoms with Gasteiger partial charge in [0.1, 0.15) is 0 Å². The van der Waals surface area contributed by atoms with Gasteiger partial charge in [-0.05, 0) is 25.2 Å². The SMILES string of the molecule is Cc1ccc(C(=O)N2CCN(C3CCSC3)CC2)cc1[N+](=O)[O-]. The van der Waals surface area contributed by atoms with Gasteiger partial charge < -0.3 is 4.90 Å². The lowest BCUT2D eigenvalue weighted by molar-refractivity contribution is -0.385. The van der Waals surface area contributed by atoms with E-state index in [2.05, 4.69) is 4.90 Å². The first-order valence-electron chi connectivity index (χ1n) is 7.92. The minimum atomic E-state index is -0.429. The van der Waals surface area contributed by atoms with Gasteiger partial charge in [0, 0.05) is 55.2 Å². The van der Waals surface area contributed by atoms with Gasteiger partial charge in [-0.25, -0.2) is 0 Å². The smallest absolute Gasteiger partial charge is 0.273 e. The summed E-state index contributed by atoms with van der Waals surface area (Å²) in [7, 11) is 0. The number of hydrogen-bond donors (Lipinski definition) is 0. The van der Waals surface area contributed by atoms with Crippen molar-refractivity contribution in [2.45, 2.75) is 19.4 Å². The Labute approximate surface area is 140 Å². The number of nitro benzene ring substituents is 1. The Bertz CT molecular complexity index is 609.